The number of nitrogens with one attached hydrogen (secondary N) is 2. The molecule has 0 saturated carbocycles. The molecule has 8 heteroatoms. The first-order valence-electron chi connectivity index (χ1n) is 8.25. The summed E-state index contributed by atoms with van der Waals surface area (Å²) in [4.78, 5) is 30.4. The molecule has 3 amide bonds. The highest BCUT2D eigenvalue weighted by Crippen LogP contribution is 2.21. The summed E-state index contributed by atoms with van der Waals surface area (Å²) in [6.07, 6.45) is 2.69. The minimum absolute atomic E-state index is 0.0882. The van der Waals surface area contributed by atoms with E-state index in [1.807, 2.05) is 0 Å². The van der Waals surface area contributed by atoms with Gasteiger partial charge in [0.1, 0.15) is 5.82 Å². The van der Waals surface area contributed by atoms with Crippen molar-refractivity contribution in [2.75, 3.05) is 23.7 Å². The minimum Gasteiger partial charge on any atom is -0.324 e. The zero-order chi connectivity index (χ0) is 18.5. The highest BCUT2D eigenvalue weighted by atomic mass is 35.5. The number of benzene rings is 1. The normalized spacial score (nSPS) is 14.8. The summed E-state index contributed by atoms with van der Waals surface area (Å²) >= 11 is 11.7. The van der Waals surface area contributed by atoms with E-state index < -0.39 is 0 Å². The monoisotopic (exact) mass is 392 g/mol. The van der Waals surface area contributed by atoms with Crippen LogP contribution in [0.2, 0.25) is 10.0 Å². The van der Waals surface area contributed by atoms with Gasteiger partial charge < -0.3 is 15.5 Å². The fourth-order valence-electron chi connectivity index (χ4n) is 2.79. The second-order valence-electron chi connectivity index (χ2n) is 6.05. The molecule has 0 aliphatic carbocycles. The van der Waals surface area contributed by atoms with E-state index in [1.165, 1.54) is 6.20 Å². The molecule has 1 aromatic carbocycles. The molecule has 1 aromatic heterocycles. The van der Waals surface area contributed by atoms with Crippen LogP contribution >= 0.6 is 23.2 Å². The summed E-state index contributed by atoms with van der Waals surface area (Å²) < 4.78 is 0. The molecular weight excluding hydrogens is 375 g/mol. The predicted molar refractivity (Wildman–Crippen MR) is 103 cm³/mol. The first kappa shape index (κ1) is 18.5. The molecule has 1 saturated heterocycles. The Hall–Kier alpha value is -2.31. The predicted octanol–water partition coefficient (Wildman–Crippen LogP) is 4.27. The highest BCUT2D eigenvalue weighted by molar-refractivity contribution is 6.31. The smallest absolute Gasteiger partial charge is 0.321 e. The fraction of sp³-hybridized carbons (Fsp3) is 0.278. The number of carbonyl (C=O) groups excluding carboxylic acids is 2. The number of anilines is 2. The number of carbonyl (C=O) groups is 2. The molecule has 6 nitrogen and oxygen atoms in total. The van der Waals surface area contributed by atoms with Crippen LogP contribution in [0, 0.1) is 5.92 Å². The Morgan fingerprint density at radius 2 is 1.81 bits per heavy atom. The van der Waals surface area contributed by atoms with Crippen LogP contribution in [0.25, 0.3) is 0 Å². The van der Waals surface area contributed by atoms with E-state index in [0.717, 1.165) is 0 Å². The van der Waals surface area contributed by atoms with Crippen molar-refractivity contribution in [1.82, 2.24) is 9.88 Å². The van der Waals surface area contributed by atoms with Crippen LogP contribution in [0.1, 0.15) is 12.8 Å². The van der Waals surface area contributed by atoms with Crippen LogP contribution in [-0.2, 0) is 4.79 Å². The van der Waals surface area contributed by atoms with Crippen LogP contribution < -0.4 is 10.6 Å². The lowest BCUT2D eigenvalue weighted by Gasteiger charge is -2.31. The van der Waals surface area contributed by atoms with Gasteiger partial charge in [0.05, 0.1) is 5.02 Å². The van der Waals surface area contributed by atoms with Crippen molar-refractivity contribution < 1.29 is 9.59 Å². The minimum atomic E-state index is -0.189. The molecule has 1 aliphatic rings. The topological polar surface area (TPSA) is 74.3 Å². The molecule has 1 aliphatic heterocycles. The molecule has 3 rings (SSSR count). The van der Waals surface area contributed by atoms with E-state index in [9.17, 15) is 9.59 Å². The lowest BCUT2D eigenvalue weighted by molar-refractivity contribution is -0.121. The number of urea groups is 1. The Morgan fingerprint density at radius 1 is 1.04 bits per heavy atom. The Balaban J connectivity index is 1.49. The van der Waals surface area contributed by atoms with Gasteiger partial charge in [-0.15, -0.1) is 0 Å². The fourth-order valence-corrected chi connectivity index (χ4v) is 3.09. The van der Waals surface area contributed by atoms with E-state index in [4.69, 9.17) is 23.2 Å². The Morgan fingerprint density at radius 3 is 2.46 bits per heavy atom. The number of rotatable bonds is 3. The summed E-state index contributed by atoms with van der Waals surface area (Å²) in [5, 5.41) is 6.69. The molecular formula is C18H18Cl2N4O2. The van der Waals surface area contributed by atoms with Crippen molar-refractivity contribution in [3.05, 3.63) is 52.6 Å². The second-order valence-corrected chi connectivity index (χ2v) is 6.93. The van der Waals surface area contributed by atoms with Gasteiger partial charge in [-0.3, -0.25) is 4.79 Å². The van der Waals surface area contributed by atoms with Gasteiger partial charge in [-0.2, -0.15) is 0 Å². The van der Waals surface area contributed by atoms with Crippen molar-refractivity contribution in [3.8, 4) is 0 Å². The van der Waals surface area contributed by atoms with Crippen LogP contribution in [0.5, 0.6) is 0 Å². The second kappa shape index (κ2) is 8.38. The molecule has 2 heterocycles. The van der Waals surface area contributed by atoms with Crippen LogP contribution in [0.3, 0.4) is 0 Å². The van der Waals surface area contributed by atoms with Gasteiger partial charge in [-0.05, 0) is 43.2 Å². The molecule has 136 valence electrons. The number of nitrogens with zero attached hydrogens (tertiary/aromatic N) is 2. The third-order valence-corrected chi connectivity index (χ3v) is 4.67. The number of pyridine rings is 1. The maximum atomic E-state index is 12.3. The summed E-state index contributed by atoms with van der Waals surface area (Å²) in [7, 11) is 0. The van der Waals surface area contributed by atoms with E-state index >= 15 is 0 Å². The molecule has 26 heavy (non-hydrogen) atoms. The quantitative estimate of drug-likeness (QED) is 0.818. The molecule has 0 radical (unpaired) electrons. The largest absolute Gasteiger partial charge is 0.324 e. The number of piperidine rings is 1. The summed E-state index contributed by atoms with van der Waals surface area (Å²) in [5.41, 5.74) is 0.649. The van der Waals surface area contributed by atoms with Crippen LogP contribution in [0.15, 0.2) is 42.6 Å². The molecule has 2 N–H and O–H groups in total. The van der Waals surface area contributed by atoms with Gasteiger partial charge in [0, 0.05) is 35.9 Å². The molecule has 0 atom stereocenters. The van der Waals surface area contributed by atoms with Gasteiger partial charge in [-0.25, -0.2) is 9.78 Å². The lowest BCUT2D eigenvalue weighted by Crippen LogP contribution is -2.43. The number of aromatic nitrogens is 1. The Bertz CT molecular complexity index is 790. The summed E-state index contributed by atoms with van der Waals surface area (Å²) in [6.45, 7) is 1.02. The van der Waals surface area contributed by atoms with Crippen LogP contribution in [0.4, 0.5) is 16.3 Å². The van der Waals surface area contributed by atoms with Crippen molar-refractivity contribution in [1.29, 1.82) is 0 Å². The molecule has 1 fully saturated rings. The number of hydrogen-bond donors (Lipinski definition) is 2. The molecule has 2 aromatic rings. The van der Waals surface area contributed by atoms with Gasteiger partial charge in [-0.1, -0.05) is 29.3 Å². The number of amides is 3. The lowest BCUT2D eigenvalue weighted by atomic mass is 9.96. The van der Waals surface area contributed by atoms with Crippen molar-refractivity contribution in [2.45, 2.75) is 12.8 Å². The number of likely N-dealkylation sites (tertiary alicyclic amines) is 1. The van der Waals surface area contributed by atoms with E-state index in [1.54, 1.807) is 41.3 Å². The third-order valence-electron chi connectivity index (χ3n) is 4.21. The number of halogens is 2. The Kier molecular flexibility index (Phi) is 5.96. The first-order chi connectivity index (χ1) is 12.5. The van der Waals surface area contributed by atoms with Crippen molar-refractivity contribution in [2.24, 2.45) is 5.92 Å². The SMILES string of the molecule is O=C(Nc1ccc(Cl)cn1)C1CCN(C(=O)Nc2cccc(Cl)c2)CC1. The number of hydrogen-bond acceptors (Lipinski definition) is 3. The molecule has 0 unspecified atom stereocenters. The standard InChI is InChI=1S/C18H18Cl2N4O2/c19-13-2-1-3-15(10-13)22-18(26)24-8-6-12(7-9-24)17(25)23-16-5-4-14(20)11-21-16/h1-5,10-12H,6-9H2,(H,22,26)(H,21,23,25). The van der Waals surface area contributed by atoms with Gasteiger partial charge in [0.2, 0.25) is 5.91 Å². The maximum Gasteiger partial charge on any atom is 0.321 e. The van der Waals surface area contributed by atoms with Crippen LogP contribution in [-0.4, -0.2) is 34.9 Å². The van der Waals surface area contributed by atoms with Gasteiger partial charge in [0.15, 0.2) is 0 Å². The summed E-state index contributed by atoms with van der Waals surface area (Å²) in [5.74, 6) is 0.234. The van der Waals surface area contributed by atoms with Crippen molar-refractivity contribution in [3.63, 3.8) is 0 Å². The van der Waals surface area contributed by atoms with Gasteiger partial charge in [0.25, 0.3) is 0 Å². The first-order valence-corrected chi connectivity index (χ1v) is 9.01. The Labute approximate surface area is 161 Å². The molecule has 0 bridgehead atoms. The zero-order valence-electron chi connectivity index (χ0n) is 13.9. The highest BCUT2D eigenvalue weighted by Gasteiger charge is 2.27. The van der Waals surface area contributed by atoms with Crippen molar-refractivity contribution >= 4 is 46.6 Å². The van der Waals surface area contributed by atoms with E-state index in [2.05, 4.69) is 15.6 Å². The summed E-state index contributed by atoms with van der Waals surface area (Å²) in [6, 6.07) is 10.1. The van der Waals surface area contributed by atoms with Gasteiger partial charge >= 0.3 is 6.03 Å². The zero-order valence-corrected chi connectivity index (χ0v) is 15.4. The van der Waals surface area contributed by atoms with E-state index in [-0.39, 0.29) is 17.9 Å². The average Bonchev–Trinajstić information content (AvgIpc) is 2.64. The maximum absolute atomic E-state index is 12.3. The average molecular weight is 393 g/mol. The molecule has 0 spiro atoms. The van der Waals surface area contributed by atoms with E-state index in [0.29, 0.717) is 47.5 Å². The third kappa shape index (κ3) is 4.86.